The minimum atomic E-state index is -2.05. The Bertz CT molecular complexity index is 2270. The number of alkyl carbamates (subject to hydrolysis) is 1. The average molecular weight is 1020 g/mol. The molecule has 388 valence electrons. The van der Waals surface area contributed by atoms with Crippen LogP contribution in [0.25, 0.3) is 0 Å². The van der Waals surface area contributed by atoms with Crippen molar-refractivity contribution in [2.24, 2.45) is 27.9 Å². The Labute approximate surface area is 409 Å². The lowest BCUT2D eigenvalue weighted by Gasteiger charge is -2.27. The lowest BCUT2D eigenvalue weighted by Crippen LogP contribution is -2.60. The minimum Gasteiger partial charge on any atom is -0.502 e. The van der Waals surface area contributed by atoms with Crippen molar-refractivity contribution in [3.8, 4) is 5.75 Å². The van der Waals surface area contributed by atoms with E-state index in [9.17, 15) is 73.4 Å². The van der Waals surface area contributed by atoms with E-state index in [4.69, 9.17) is 27.7 Å². The summed E-state index contributed by atoms with van der Waals surface area (Å²) in [6.07, 6.45) is -3.21. The molecule has 0 saturated heterocycles. The van der Waals surface area contributed by atoms with Crippen LogP contribution in [0.5, 0.6) is 5.75 Å². The lowest BCUT2D eigenvalue weighted by atomic mass is 10.0. The number of amides is 8. The van der Waals surface area contributed by atoms with Gasteiger partial charge in [-0.25, -0.2) is 9.59 Å². The third-order valence-electron chi connectivity index (χ3n) is 9.94. The first-order valence-corrected chi connectivity index (χ1v) is 22.9. The molecule has 28 nitrogen and oxygen atoms in total. The molecule has 71 heavy (non-hydrogen) atoms. The molecule has 0 aromatic heterocycles. The number of aromatic hydroxyl groups is 1. The summed E-state index contributed by atoms with van der Waals surface area (Å²) < 4.78 is 5.28. The highest BCUT2D eigenvalue weighted by Gasteiger charge is 2.34. The molecule has 0 radical (unpaired) electrons. The molecule has 2 rings (SSSR count). The van der Waals surface area contributed by atoms with Gasteiger partial charge in [0.15, 0.2) is 11.7 Å². The number of hydrogen-bond acceptors (Lipinski definition) is 16. The molecule has 0 heterocycles. The van der Waals surface area contributed by atoms with E-state index in [1.807, 2.05) is 5.32 Å². The summed E-state index contributed by atoms with van der Waals surface area (Å²) in [5, 5.41) is 54.2. The van der Waals surface area contributed by atoms with Crippen molar-refractivity contribution >= 4 is 82.8 Å². The Kier molecular flexibility index (Phi) is 25.1. The SMILES string of the molecule is CSCC[C@H](NC(=O)OCc1ccccc1)C(=O)N[C@@H](CCCN=C(N)N)C(=O)N[C@@H](CCC(N)=O)C(=O)N[C@@H](CCC(N)=O)C(=O)N[C@@H](Cc1ccc(O)c([N+](=O)[O-])c1)C(=O)N[C@@H](CC(=O)O)C(=O)O. The van der Waals surface area contributed by atoms with Crippen molar-refractivity contribution < 1.29 is 72.9 Å². The summed E-state index contributed by atoms with van der Waals surface area (Å²) in [7, 11) is 0. The van der Waals surface area contributed by atoms with Crippen LogP contribution in [-0.2, 0) is 60.9 Å². The Morgan fingerprint density at radius 3 is 1.65 bits per heavy atom. The number of thioether (sulfide) groups is 1. The molecule has 2 aromatic carbocycles. The number of carboxylic acids is 2. The molecule has 0 saturated carbocycles. The number of ether oxygens (including phenoxy) is 1. The lowest BCUT2D eigenvalue weighted by molar-refractivity contribution is -0.385. The monoisotopic (exact) mass is 1020 g/mol. The van der Waals surface area contributed by atoms with Crippen LogP contribution in [-0.4, -0.2) is 140 Å². The molecule has 17 N–H and O–H groups in total. The summed E-state index contributed by atoms with van der Waals surface area (Å²) in [6.45, 7) is -0.146. The number of phenolic OH excluding ortho intramolecular Hbond substituents is 1. The first kappa shape index (κ1) is 58.9. The summed E-state index contributed by atoms with van der Waals surface area (Å²) in [6, 6.07) is 1.35. The van der Waals surface area contributed by atoms with Gasteiger partial charge in [0.05, 0.1) is 11.3 Å². The molecule has 29 heteroatoms. The average Bonchev–Trinajstić information content (AvgIpc) is 3.30. The molecule has 0 spiro atoms. The van der Waals surface area contributed by atoms with Crippen LogP contribution in [0.2, 0.25) is 0 Å². The van der Waals surface area contributed by atoms with Crippen LogP contribution >= 0.6 is 11.8 Å². The Hall–Kier alpha value is -8.24. The number of carboxylic acid groups (broad SMARTS) is 2. The van der Waals surface area contributed by atoms with E-state index in [0.717, 1.165) is 18.2 Å². The quantitative estimate of drug-likeness (QED) is 0.0118. The smallest absolute Gasteiger partial charge is 0.408 e. The van der Waals surface area contributed by atoms with Crippen molar-refractivity contribution in [1.29, 1.82) is 0 Å². The maximum Gasteiger partial charge on any atom is 0.408 e. The minimum absolute atomic E-state index is 0.0244. The molecule has 2 aromatic rings. The number of nitrogens with zero attached hydrogens (tertiary/aromatic N) is 2. The number of nitro benzene ring substituents is 1. The van der Waals surface area contributed by atoms with E-state index >= 15 is 0 Å². The fourth-order valence-corrected chi connectivity index (χ4v) is 6.79. The number of carbonyl (C=O) groups is 10. The van der Waals surface area contributed by atoms with E-state index in [1.54, 1.807) is 36.6 Å². The maximum absolute atomic E-state index is 14.1. The van der Waals surface area contributed by atoms with Crippen LogP contribution in [0.15, 0.2) is 53.5 Å². The van der Waals surface area contributed by atoms with Gasteiger partial charge in [-0.2, -0.15) is 11.8 Å². The van der Waals surface area contributed by atoms with Gasteiger partial charge in [-0.15, -0.1) is 0 Å². The fraction of sp³-hybridized carbons (Fsp3) is 0.452. The van der Waals surface area contributed by atoms with Gasteiger partial charge in [0.1, 0.15) is 42.9 Å². The first-order valence-electron chi connectivity index (χ1n) is 21.5. The van der Waals surface area contributed by atoms with Crippen molar-refractivity contribution in [3.63, 3.8) is 0 Å². The van der Waals surface area contributed by atoms with Crippen LogP contribution in [0, 0.1) is 10.1 Å². The van der Waals surface area contributed by atoms with Gasteiger partial charge in [-0.05, 0) is 61.3 Å². The zero-order valence-electron chi connectivity index (χ0n) is 38.3. The van der Waals surface area contributed by atoms with E-state index in [0.29, 0.717) is 11.3 Å². The van der Waals surface area contributed by atoms with Crippen molar-refractivity contribution in [2.45, 2.75) is 101 Å². The number of aliphatic carboxylic acids is 2. The number of rotatable bonds is 32. The zero-order chi connectivity index (χ0) is 53.2. The van der Waals surface area contributed by atoms with Crippen LogP contribution < -0.4 is 54.8 Å². The highest BCUT2D eigenvalue weighted by atomic mass is 32.2. The van der Waals surface area contributed by atoms with E-state index in [1.165, 1.54) is 11.8 Å². The second-order valence-electron chi connectivity index (χ2n) is 15.5. The standard InChI is InChI=1S/C42H58N12O16S/c1-71-17-15-27(53-42(67)70-21-22-6-3-2-4-7-22)38(63)48-24(8-5-16-47-41(45)46)35(60)49-25(10-13-32(43)56)36(61)50-26(11-14-33(44)57)37(62)51-28(39(64)52-29(40(65)66)20-34(58)59)18-23-9-12-31(55)30(19-23)54(68)69/h2-4,6-7,9,12,19,24-29,55H,5,8,10-11,13-18,20-21H2,1H3,(H2,43,56)(H2,44,57)(H,48,63)(H,49,60)(H,50,61)(H,51,62)(H,52,64)(H,53,67)(H,58,59)(H,65,66)(H4,45,46,47)/t24-,25-,26-,27-,28-,29-/m0/s1. The molecule has 8 amide bonds. The van der Waals surface area contributed by atoms with Crippen LogP contribution in [0.1, 0.15) is 62.5 Å². The zero-order valence-corrected chi connectivity index (χ0v) is 39.1. The van der Waals surface area contributed by atoms with E-state index < -0.39 is 151 Å². The van der Waals surface area contributed by atoms with Gasteiger partial charge in [0, 0.05) is 31.9 Å². The number of hydrogen-bond donors (Lipinski definition) is 13. The second-order valence-corrected chi connectivity index (χ2v) is 16.5. The van der Waals surface area contributed by atoms with Gasteiger partial charge in [0.25, 0.3) is 0 Å². The number of aliphatic imine (C=N–C) groups is 1. The molecule has 0 aliphatic rings. The Morgan fingerprint density at radius 1 is 0.676 bits per heavy atom. The molecular formula is C42H58N12O16S. The van der Waals surface area contributed by atoms with Gasteiger partial charge in [-0.1, -0.05) is 36.4 Å². The van der Waals surface area contributed by atoms with Crippen LogP contribution in [0.3, 0.4) is 0 Å². The van der Waals surface area contributed by atoms with Crippen molar-refractivity contribution in [2.75, 3.05) is 18.6 Å². The highest BCUT2D eigenvalue weighted by molar-refractivity contribution is 7.98. The number of guanidine groups is 1. The number of primary amides is 2. The molecule has 0 bridgehead atoms. The molecule has 0 aliphatic carbocycles. The summed E-state index contributed by atoms with van der Waals surface area (Å²) >= 11 is 1.35. The van der Waals surface area contributed by atoms with Crippen molar-refractivity contribution in [1.82, 2.24) is 31.9 Å². The molecular weight excluding hydrogens is 961 g/mol. The predicted molar refractivity (Wildman–Crippen MR) is 251 cm³/mol. The van der Waals surface area contributed by atoms with Gasteiger partial charge in [0.2, 0.25) is 41.4 Å². The largest absolute Gasteiger partial charge is 0.502 e. The maximum atomic E-state index is 14.1. The normalized spacial score (nSPS) is 13.2. The molecule has 0 aliphatic heterocycles. The number of nitrogens with two attached hydrogens (primary N) is 4. The van der Waals surface area contributed by atoms with Gasteiger partial charge in [-0.3, -0.25) is 53.5 Å². The third kappa shape index (κ3) is 22.6. The number of phenols is 1. The van der Waals surface area contributed by atoms with Gasteiger partial charge >= 0.3 is 23.7 Å². The van der Waals surface area contributed by atoms with E-state index in [-0.39, 0.29) is 43.9 Å². The number of carbonyl (C=O) groups excluding carboxylic acids is 8. The number of benzene rings is 2. The van der Waals surface area contributed by atoms with Crippen molar-refractivity contribution in [3.05, 3.63) is 69.8 Å². The molecule has 0 fully saturated rings. The summed E-state index contributed by atoms with van der Waals surface area (Å²) in [4.78, 5) is 144. The van der Waals surface area contributed by atoms with Gasteiger partial charge < -0.3 is 74.9 Å². The highest BCUT2D eigenvalue weighted by Crippen LogP contribution is 2.27. The third-order valence-corrected chi connectivity index (χ3v) is 10.6. The summed E-state index contributed by atoms with van der Waals surface area (Å²) in [5.41, 5.74) is 21.3. The fourth-order valence-electron chi connectivity index (χ4n) is 6.32. The predicted octanol–water partition coefficient (Wildman–Crippen LogP) is -2.54. The Balaban J connectivity index is 2.50. The topological polar surface area (TPSA) is 472 Å². The number of nitrogens with one attached hydrogen (secondary N) is 6. The molecule has 6 atom stereocenters. The second kappa shape index (κ2) is 30.3. The molecule has 0 unspecified atom stereocenters. The Morgan fingerprint density at radius 2 is 1.17 bits per heavy atom. The first-order chi connectivity index (χ1) is 33.5. The number of nitro groups is 1. The van der Waals surface area contributed by atoms with Crippen LogP contribution in [0.4, 0.5) is 10.5 Å². The van der Waals surface area contributed by atoms with E-state index in [2.05, 4.69) is 31.6 Å². The summed E-state index contributed by atoms with van der Waals surface area (Å²) in [5.74, 6) is -11.6.